The molecule has 0 bridgehead atoms. The van der Waals surface area contributed by atoms with E-state index in [-0.39, 0.29) is 5.91 Å². The lowest BCUT2D eigenvalue weighted by molar-refractivity contribution is -0.192. The summed E-state index contributed by atoms with van der Waals surface area (Å²) in [4.78, 5) is 29.6. The summed E-state index contributed by atoms with van der Waals surface area (Å²) in [7, 11) is 0. The van der Waals surface area contributed by atoms with Crippen LogP contribution < -0.4 is 15.0 Å². The van der Waals surface area contributed by atoms with Gasteiger partial charge in [0.25, 0.3) is 5.91 Å². The van der Waals surface area contributed by atoms with Crippen LogP contribution in [0.1, 0.15) is 10.4 Å². The summed E-state index contributed by atoms with van der Waals surface area (Å²) < 4.78 is 37.6. The highest BCUT2D eigenvalue weighted by atomic mass is 35.5. The van der Waals surface area contributed by atoms with Crippen LogP contribution in [0.4, 0.5) is 24.5 Å². The summed E-state index contributed by atoms with van der Waals surface area (Å²) in [5.41, 5.74) is 2.18. The molecular formula is C26H24ClF3N6O4. The van der Waals surface area contributed by atoms with E-state index in [1.165, 1.54) is 0 Å². The smallest absolute Gasteiger partial charge is 0.490 e. The second-order valence-corrected chi connectivity index (χ2v) is 8.34. The van der Waals surface area contributed by atoms with Gasteiger partial charge >= 0.3 is 12.1 Å². The van der Waals surface area contributed by atoms with Gasteiger partial charge in [0.05, 0.1) is 18.9 Å². The van der Waals surface area contributed by atoms with Gasteiger partial charge in [0, 0.05) is 47.4 Å². The zero-order chi connectivity index (χ0) is 29.0. The van der Waals surface area contributed by atoms with Gasteiger partial charge in [-0.1, -0.05) is 29.8 Å². The molecule has 0 unspecified atom stereocenters. The van der Waals surface area contributed by atoms with Crippen molar-refractivity contribution < 1.29 is 32.6 Å². The van der Waals surface area contributed by atoms with Crippen molar-refractivity contribution in [2.75, 3.05) is 29.9 Å². The molecule has 2 aromatic carbocycles. The van der Waals surface area contributed by atoms with Crippen LogP contribution in [0.3, 0.4) is 0 Å². The number of nitrogens with one attached hydrogen (secondary N) is 1. The minimum Gasteiger partial charge on any atom is -0.492 e. The van der Waals surface area contributed by atoms with Crippen LogP contribution in [-0.2, 0) is 11.3 Å². The summed E-state index contributed by atoms with van der Waals surface area (Å²) >= 11 is 6.31. The molecular weight excluding hydrogens is 553 g/mol. The normalized spacial score (nSPS) is 10.7. The van der Waals surface area contributed by atoms with Crippen molar-refractivity contribution in [3.8, 4) is 5.75 Å². The molecule has 4 rings (SSSR count). The number of alkyl halides is 3. The number of anilines is 2. The van der Waals surface area contributed by atoms with Gasteiger partial charge in [0.2, 0.25) is 0 Å². The number of aromatic nitrogens is 4. The molecule has 0 saturated carbocycles. The lowest BCUT2D eigenvalue weighted by Gasteiger charge is -2.23. The Hall–Kier alpha value is -4.65. The first kappa shape index (κ1) is 29.9. The van der Waals surface area contributed by atoms with Crippen LogP contribution in [0.15, 0.2) is 85.5 Å². The Balaban J connectivity index is 0.000000559. The van der Waals surface area contributed by atoms with Crippen LogP contribution >= 0.6 is 11.6 Å². The van der Waals surface area contributed by atoms with Crippen molar-refractivity contribution in [2.45, 2.75) is 12.7 Å². The predicted molar refractivity (Wildman–Crippen MR) is 142 cm³/mol. The summed E-state index contributed by atoms with van der Waals surface area (Å²) in [6.07, 6.45) is 1.58. The van der Waals surface area contributed by atoms with Gasteiger partial charge in [-0.3, -0.25) is 9.78 Å². The van der Waals surface area contributed by atoms with E-state index in [4.69, 9.17) is 26.2 Å². The quantitative estimate of drug-likeness (QED) is 0.258. The van der Waals surface area contributed by atoms with Crippen molar-refractivity contribution in [1.82, 2.24) is 20.0 Å². The second kappa shape index (κ2) is 14.5. The molecule has 0 aliphatic heterocycles. The molecule has 0 saturated heterocycles. The van der Waals surface area contributed by atoms with Crippen molar-refractivity contribution in [2.24, 2.45) is 0 Å². The van der Waals surface area contributed by atoms with Gasteiger partial charge in [-0.05, 0) is 42.5 Å². The van der Waals surface area contributed by atoms with E-state index in [0.29, 0.717) is 42.6 Å². The van der Waals surface area contributed by atoms with Gasteiger partial charge in [0.15, 0.2) is 0 Å². The number of aliphatic carboxylic acids is 1. The van der Waals surface area contributed by atoms with E-state index in [2.05, 4.69) is 20.5 Å². The summed E-state index contributed by atoms with van der Waals surface area (Å²) in [6, 6.07) is 18.3. The van der Waals surface area contributed by atoms with Gasteiger partial charge in [0.1, 0.15) is 12.4 Å². The number of ether oxygens (including phenoxy) is 1. The number of halogens is 4. The van der Waals surface area contributed by atoms with Crippen molar-refractivity contribution in [1.29, 1.82) is 0 Å². The minimum atomic E-state index is -5.08. The summed E-state index contributed by atoms with van der Waals surface area (Å²) in [5.74, 6) is -2.41. The first-order valence-electron chi connectivity index (χ1n) is 11.7. The third kappa shape index (κ3) is 9.58. The maximum atomic E-state index is 13.5. The Morgan fingerprint density at radius 1 is 1.00 bits per heavy atom. The fourth-order valence-corrected chi connectivity index (χ4v) is 3.49. The highest BCUT2D eigenvalue weighted by Gasteiger charge is 2.38. The number of carbonyl (C=O) groups excluding carboxylic acids is 1. The Labute approximate surface area is 232 Å². The number of carboxylic acids is 1. The third-order valence-corrected chi connectivity index (χ3v) is 5.26. The molecule has 2 aromatic heterocycles. The largest absolute Gasteiger partial charge is 0.492 e. The number of carbonyl (C=O) groups is 2. The third-order valence-electron chi connectivity index (χ3n) is 5.04. The van der Waals surface area contributed by atoms with Gasteiger partial charge < -0.3 is 20.1 Å². The van der Waals surface area contributed by atoms with Crippen LogP contribution in [-0.4, -0.2) is 62.8 Å². The average molecular weight is 577 g/mol. The van der Waals surface area contributed by atoms with E-state index < -0.39 is 12.1 Å². The molecule has 0 aliphatic rings. The van der Waals surface area contributed by atoms with Crippen LogP contribution in [0.25, 0.3) is 0 Å². The zero-order valence-corrected chi connectivity index (χ0v) is 21.6. The number of hydrogen-bond donors (Lipinski definition) is 2. The van der Waals surface area contributed by atoms with Crippen molar-refractivity contribution in [3.63, 3.8) is 0 Å². The number of nitrogens with zero attached hydrogens (tertiary/aromatic N) is 5. The average Bonchev–Trinajstić information content (AvgIpc) is 3.46. The second-order valence-electron chi connectivity index (χ2n) is 7.91. The molecule has 0 atom stereocenters. The van der Waals surface area contributed by atoms with Crippen LogP contribution in [0.2, 0.25) is 5.02 Å². The SMILES string of the molecule is O=C(O)C(F)(F)F.O=C(c1cc(Cl)cc(OCCNc2ccncc2)c1)N(CCn1nccn1)c1ccccc1. The van der Waals surface area contributed by atoms with Crippen molar-refractivity contribution in [3.05, 3.63) is 96.0 Å². The Morgan fingerprint density at radius 2 is 1.65 bits per heavy atom. The molecule has 0 fully saturated rings. The first-order valence-corrected chi connectivity index (χ1v) is 12.1. The molecule has 0 aliphatic carbocycles. The summed E-state index contributed by atoms with van der Waals surface area (Å²) in [6.45, 7) is 1.85. The number of rotatable bonds is 10. The first-order chi connectivity index (χ1) is 19.1. The maximum Gasteiger partial charge on any atom is 0.490 e. The van der Waals surface area contributed by atoms with Gasteiger partial charge in [-0.25, -0.2) is 4.79 Å². The number of amides is 1. The molecule has 4 aromatic rings. The fourth-order valence-electron chi connectivity index (χ4n) is 3.26. The molecule has 210 valence electrons. The molecule has 40 heavy (non-hydrogen) atoms. The standard InChI is InChI=1S/C24H23ClN6O2.C2HF3O2/c25-20-16-19(17-23(18-20)33-15-12-27-21-6-8-26-9-7-21)24(32)30(22-4-2-1-3-5-22)13-14-31-28-10-11-29-31;3-2(4,5)1(6)7/h1-11,16-18H,12-15H2,(H,26,27);(H,6,7). The van der Waals surface area contributed by atoms with Crippen LogP contribution in [0, 0.1) is 0 Å². The van der Waals surface area contributed by atoms with Crippen LogP contribution in [0.5, 0.6) is 5.75 Å². The lowest BCUT2D eigenvalue weighted by Crippen LogP contribution is -2.34. The molecule has 2 heterocycles. The zero-order valence-electron chi connectivity index (χ0n) is 20.8. The molecule has 0 spiro atoms. The van der Waals surface area contributed by atoms with E-state index in [1.54, 1.807) is 52.7 Å². The molecule has 1 amide bonds. The molecule has 10 nitrogen and oxygen atoms in total. The Bertz CT molecular complexity index is 1360. The maximum absolute atomic E-state index is 13.5. The highest BCUT2D eigenvalue weighted by Crippen LogP contribution is 2.24. The number of para-hydroxylation sites is 1. The Kier molecular flexibility index (Phi) is 10.8. The van der Waals surface area contributed by atoms with E-state index in [9.17, 15) is 18.0 Å². The van der Waals surface area contributed by atoms with Crippen molar-refractivity contribution >= 4 is 34.9 Å². The fraction of sp³-hybridized carbons (Fsp3) is 0.192. The lowest BCUT2D eigenvalue weighted by atomic mass is 10.1. The molecule has 0 radical (unpaired) electrons. The predicted octanol–water partition coefficient (Wildman–Crippen LogP) is 4.80. The monoisotopic (exact) mass is 576 g/mol. The van der Waals surface area contributed by atoms with Gasteiger partial charge in [-0.2, -0.15) is 28.2 Å². The number of pyridine rings is 1. The Morgan fingerprint density at radius 3 is 2.27 bits per heavy atom. The van der Waals surface area contributed by atoms with E-state index in [0.717, 1.165) is 11.4 Å². The highest BCUT2D eigenvalue weighted by molar-refractivity contribution is 6.31. The van der Waals surface area contributed by atoms with E-state index in [1.807, 2.05) is 42.5 Å². The number of hydrogen-bond acceptors (Lipinski definition) is 7. The minimum absolute atomic E-state index is 0.185. The molecule has 2 N–H and O–H groups in total. The number of carboxylic acid groups (broad SMARTS) is 1. The van der Waals surface area contributed by atoms with Gasteiger partial charge in [-0.15, -0.1) is 0 Å². The molecule has 14 heteroatoms. The summed E-state index contributed by atoms with van der Waals surface area (Å²) in [5, 5.41) is 19.1. The van der Waals surface area contributed by atoms with E-state index >= 15 is 0 Å². The number of benzene rings is 2. The topological polar surface area (TPSA) is 122 Å².